The molecular formula is C7H8N6S. The molecule has 2 rings (SSSR count). The molecule has 0 unspecified atom stereocenters. The Morgan fingerprint density at radius 1 is 1.36 bits per heavy atom. The second-order valence-electron chi connectivity index (χ2n) is 2.57. The number of hydrogen-bond acceptors (Lipinski definition) is 6. The third-order valence-electron chi connectivity index (χ3n) is 1.55. The topological polar surface area (TPSA) is 82.5 Å². The van der Waals surface area contributed by atoms with Crippen LogP contribution in [0.25, 0.3) is 0 Å². The summed E-state index contributed by atoms with van der Waals surface area (Å²) in [7, 11) is 1.86. The number of nitrogens with zero attached hydrogens (tertiary/aromatic N) is 5. The van der Waals surface area contributed by atoms with Crippen LogP contribution in [0.1, 0.15) is 0 Å². The highest BCUT2D eigenvalue weighted by Gasteiger charge is 2.07. The van der Waals surface area contributed by atoms with Crippen LogP contribution in [0.2, 0.25) is 0 Å². The Morgan fingerprint density at radius 3 is 2.79 bits per heavy atom. The maximum atomic E-state index is 5.64. The number of anilines is 1. The lowest BCUT2D eigenvalue weighted by Gasteiger charge is -2.00. The van der Waals surface area contributed by atoms with Crippen molar-refractivity contribution in [2.75, 3.05) is 5.73 Å². The predicted molar refractivity (Wildman–Crippen MR) is 51.6 cm³/mol. The van der Waals surface area contributed by atoms with E-state index in [4.69, 9.17) is 5.73 Å². The molecule has 72 valence electrons. The van der Waals surface area contributed by atoms with E-state index in [1.807, 2.05) is 7.05 Å². The molecule has 0 saturated heterocycles. The predicted octanol–water partition coefficient (Wildman–Crippen LogP) is 0.338. The molecule has 0 atom stereocenters. The van der Waals surface area contributed by atoms with Crippen molar-refractivity contribution < 1.29 is 0 Å². The molecule has 0 bridgehead atoms. The van der Waals surface area contributed by atoms with E-state index in [9.17, 15) is 0 Å². The molecule has 0 aromatic carbocycles. The molecule has 7 heteroatoms. The van der Waals surface area contributed by atoms with Crippen molar-refractivity contribution in [1.82, 2.24) is 24.7 Å². The molecule has 0 aliphatic rings. The molecule has 0 saturated carbocycles. The van der Waals surface area contributed by atoms with Gasteiger partial charge in [0.25, 0.3) is 0 Å². The normalized spacial score (nSPS) is 10.4. The SMILES string of the molecule is Cn1cnnc1Sc1nccnc1N. The number of nitrogen functional groups attached to an aromatic ring is 1. The van der Waals surface area contributed by atoms with E-state index in [1.165, 1.54) is 11.8 Å². The van der Waals surface area contributed by atoms with Gasteiger partial charge in [0, 0.05) is 19.4 Å². The molecule has 0 fully saturated rings. The van der Waals surface area contributed by atoms with Gasteiger partial charge in [-0.3, -0.25) is 0 Å². The van der Waals surface area contributed by atoms with Gasteiger partial charge >= 0.3 is 0 Å². The van der Waals surface area contributed by atoms with E-state index in [0.29, 0.717) is 10.8 Å². The van der Waals surface area contributed by atoms with Crippen molar-refractivity contribution in [1.29, 1.82) is 0 Å². The monoisotopic (exact) mass is 208 g/mol. The van der Waals surface area contributed by atoms with Crippen molar-refractivity contribution in [3.63, 3.8) is 0 Å². The number of aryl methyl sites for hydroxylation is 1. The van der Waals surface area contributed by atoms with Crippen LogP contribution >= 0.6 is 11.8 Å². The van der Waals surface area contributed by atoms with Crippen LogP contribution < -0.4 is 5.73 Å². The van der Waals surface area contributed by atoms with Crippen LogP contribution in [-0.4, -0.2) is 24.7 Å². The van der Waals surface area contributed by atoms with Gasteiger partial charge in [-0.1, -0.05) is 0 Å². The van der Waals surface area contributed by atoms with Gasteiger partial charge in [-0.25, -0.2) is 9.97 Å². The first kappa shape index (κ1) is 8.95. The van der Waals surface area contributed by atoms with E-state index in [1.54, 1.807) is 23.3 Å². The molecule has 0 radical (unpaired) electrons. The van der Waals surface area contributed by atoms with Crippen LogP contribution in [0.3, 0.4) is 0 Å². The molecular weight excluding hydrogens is 200 g/mol. The van der Waals surface area contributed by atoms with E-state index in [2.05, 4.69) is 20.2 Å². The minimum Gasteiger partial charge on any atom is -0.381 e. The Labute approximate surface area is 84.6 Å². The molecule has 2 N–H and O–H groups in total. The fourth-order valence-corrected chi connectivity index (χ4v) is 1.59. The molecule has 0 spiro atoms. The average Bonchev–Trinajstić information content (AvgIpc) is 2.56. The first-order chi connectivity index (χ1) is 6.77. The minimum absolute atomic E-state index is 0.403. The second kappa shape index (κ2) is 3.62. The molecule has 6 nitrogen and oxygen atoms in total. The summed E-state index contributed by atoms with van der Waals surface area (Å²) < 4.78 is 1.79. The highest BCUT2D eigenvalue weighted by Crippen LogP contribution is 2.26. The number of rotatable bonds is 2. The number of hydrogen-bond donors (Lipinski definition) is 1. The summed E-state index contributed by atoms with van der Waals surface area (Å²) in [4.78, 5) is 8.01. The van der Waals surface area contributed by atoms with Crippen LogP contribution in [0.5, 0.6) is 0 Å². The van der Waals surface area contributed by atoms with Crippen LogP contribution in [-0.2, 0) is 7.05 Å². The molecule has 2 heterocycles. The summed E-state index contributed by atoms with van der Waals surface area (Å²) in [6.07, 6.45) is 4.76. The zero-order chi connectivity index (χ0) is 9.97. The molecule has 2 aromatic rings. The smallest absolute Gasteiger partial charge is 0.197 e. The van der Waals surface area contributed by atoms with Gasteiger partial charge < -0.3 is 10.3 Å². The molecule has 0 amide bonds. The van der Waals surface area contributed by atoms with E-state index >= 15 is 0 Å². The van der Waals surface area contributed by atoms with Gasteiger partial charge in [-0.15, -0.1) is 10.2 Å². The van der Waals surface area contributed by atoms with Gasteiger partial charge in [-0.05, 0) is 11.8 Å². The largest absolute Gasteiger partial charge is 0.381 e. The van der Waals surface area contributed by atoms with Crippen molar-refractivity contribution in [2.24, 2.45) is 7.05 Å². The summed E-state index contributed by atoms with van der Waals surface area (Å²) in [5.74, 6) is 0.403. The van der Waals surface area contributed by atoms with Crippen LogP contribution in [0.15, 0.2) is 28.9 Å². The summed E-state index contributed by atoms with van der Waals surface area (Å²) in [5, 5.41) is 9.03. The van der Waals surface area contributed by atoms with Gasteiger partial charge in [0.2, 0.25) is 0 Å². The van der Waals surface area contributed by atoms with Crippen molar-refractivity contribution in [3.8, 4) is 0 Å². The maximum absolute atomic E-state index is 5.64. The summed E-state index contributed by atoms with van der Waals surface area (Å²) in [6.45, 7) is 0. The minimum atomic E-state index is 0.403. The fraction of sp³-hybridized carbons (Fsp3) is 0.143. The molecule has 0 aliphatic carbocycles. The summed E-state index contributed by atoms with van der Waals surface area (Å²) >= 11 is 1.34. The van der Waals surface area contributed by atoms with E-state index in [0.717, 1.165) is 5.16 Å². The van der Waals surface area contributed by atoms with Gasteiger partial charge in [0.15, 0.2) is 11.0 Å². The molecule has 2 aromatic heterocycles. The highest BCUT2D eigenvalue weighted by atomic mass is 32.2. The van der Waals surface area contributed by atoms with Crippen molar-refractivity contribution >= 4 is 17.6 Å². The third kappa shape index (κ3) is 1.67. The Morgan fingerprint density at radius 2 is 2.14 bits per heavy atom. The molecule has 0 aliphatic heterocycles. The second-order valence-corrected chi connectivity index (χ2v) is 3.53. The number of aromatic nitrogens is 5. The highest BCUT2D eigenvalue weighted by molar-refractivity contribution is 7.99. The standard InChI is InChI=1S/C7H8N6S/c1-13-4-11-12-7(13)14-6-5(8)9-2-3-10-6/h2-4H,1H3,(H2,8,9). The van der Waals surface area contributed by atoms with Gasteiger partial charge in [0.1, 0.15) is 11.4 Å². The van der Waals surface area contributed by atoms with Crippen molar-refractivity contribution in [2.45, 2.75) is 10.2 Å². The quantitative estimate of drug-likeness (QED) is 0.766. The zero-order valence-electron chi connectivity index (χ0n) is 7.45. The average molecular weight is 208 g/mol. The van der Waals surface area contributed by atoms with E-state index in [-0.39, 0.29) is 0 Å². The first-order valence-corrected chi connectivity index (χ1v) is 4.67. The summed E-state index contributed by atoms with van der Waals surface area (Å²) in [5.41, 5.74) is 5.64. The lowest BCUT2D eigenvalue weighted by atomic mass is 10.7. The molecule has 14 heavy (non-hydrogen) atoms. The van der Waals surface area contributed by atoms with Gasteiger partial charge in [-0.2, -0.15) is 0 Å². The Balaban J connectivity index is 2.28. The Bertz CT molecular complexity index is 439. The Hall–Kier alpha value is -1.63. The van der Waals surface area contributed by atoms with E-state index < -0.39 is 0 Å². The number of nitrogens with two attached hydrogens (primary N) is 1. The van der Waals surface area contributed by atoms with Gasteiger partial charge in [0.05, 0.1) is 0 Å². The fourth-order valence-electron chi connectivity index (χ4n) is 0.866. The first-order valence-electron chi connectivity index (χ1n) is 3.85. The third-order valence-corrected chi connectivity index (χ3v) is 2.61. The maximum Gasteiger partial charge on any atom is 0.197 e. The lowest BCUT2D eigenvalue weighted by molar-refractivity contribution is 0.787. The Kier molecular flexibility index (Phi) is 2.32. The summed E-state index contributed by atoms with van der Waals surface area (Å²) in [6, 6.07) is 0. The van der Waals surface area contributed by atoms with Crippen LogP contribution in [0, 0.1) is 0 Å². The van der Waals surface area contributed by atoms with Crippen molar-refractivity contribution in [3.05, 3.63) is 18.7 Å². The zero-order valence-corrected chi connectivity index (χ0v) is 8.27. The van der Waals surface area contributed by atoms with Crippen LogP contribution in [0.4, 0.5) is 5.82 Å². The lowest BCUT2D eigenvalue weighted by Crippen LogP contribution is -1.96.